The minimum atomic E-state index is -1.58. The molecule has 0 aromatic heterocycles. The standard InChI is InChI=1S/C15H29N7O7/c1-7(24)11(14(28)29)22-13(27)9(3-2-4-19-15(17)18)21-10(25)5-20-12(26)8(16)6-23/h7-9,11,23-24H,2-6,16H2,1H3,(H,20,26)(H,21,25)(H,22,27)(H,28,29)(H4,17,18,19). The maximum Gasteiger partial charge on any atom is 0.328 e. The third-order valence-electron chi connectivity index (χ3n) is 3.60. The maximum atomic E-state index is 12.4. The zero-order valence-electron chi connectivity index (χ0n) is 16.0. The van der Waals surface area contributed by atoms with Gasteiger partial charge in [-0.1, -0.05) is 0 Å². The van der Waals surface area contributed by atoms with Crippen molar-refractivity contribution in [2.24, 2.45) is 22.2 Å². The van der Waals surface area contributed by atoms with Crippen LogP contribution in [0.15, 0.2) is 4.99 Å². The van der Waals surface area contributed by atoms with E-state index in [0.717, 1.165) is 0 Å². The van der Waals surface area contributed by atoms with Crippen LogP contribution in [0.3, 0.4) is 0 Å². The number of aliphatic carboxylic acids is 1. The van der Waals surface area contributed by atoms with Gasteiger partial charge in [0.25, 0.3) is 0 Å². The van der Waals surface area contributed by atoms with E-state index in [1.54, 1.807) is 0 Å². The lowest BCUT2D eigenvalue weighted by Gasteiger charge is -2.23. The number of aliphatic hydroxyl groups is 2. The number of carboxylic acids is 1. The molecule has 29 heavy (non-hydrogen) atoms. The fraction of sp³-hybridized carbons (Fsp3) is 0.667. The first kappa shape index (κ1) is 26.0. The molecular formula is C15H29N7O7. The summed E-state index contributed by atoms with van der Waals surface area (Å²) in [6.45, 7) is 0.205. The number of aliphatic imine (C=N–C) groups is 1. The molecule has 14 heteroatoms. The number of nitrogens with one attached hydrogen (secondary N) is 3. The number of carbonyl (C=O) groups excluding carboxylic acids is 3. The largest absolute Gasteiger partial charge is 0.480 e. The molecule has 0 saturated carbocycles. The third-order valence-corrected chi connectivity index (χ3v) is 3.60. The molecule has 12 N–H and O–H groups in total. The lowest BCUT2D eigenvalue weighted by molar-refractivity contribution is -0.145. The maximum absolute atomic E-state index is 12.4. The average molecular weight is 419 g/mol. The molecule has 166 valence electrons. The summed E-state index contributed by atoms with van der Waals surface area (Å²) >= 11 is 0. The molecule has 0 aliphatic heterocycles. The van der Waals surface area contributed by atoms with Crippen LogP contribution >= 0.6 is 0 Å². The Morgan fingerprint density at radius 3 is 2.21 bits per heavy atom. The Balaban J connectivity index is 5.00. The van der Waals surface area contributed by atoms with Crippen LogP contribution < -0.4 is 33.2 Å². The molecule has 0 radical (unpaired) electrons. The molecule has 4 unspecified atom stereocenters. The third kappa shape index (κ3) is 10.8. The summed E-state index contributed by atoms with van der Waals surface area (Å²) < 4.78 is 0. The summed E-state index contributed by atoms with van der Waals surface area (Å²) in [5.41, 5.74) is 15.7. The van der Waals surface area contributed by atoms with E-state index < -0.39 is 61.1 Å². The van der Waals surface area contributed by atoms with Gasteiger partial charge in [0.05, 0.1) is 19.3 Å². The molecule has 4 atom stereocenters. The highest BCUT2D eigenvalue weighted by atomic mass is 16.4. The Morgan fingerprint density at radius 2 is 1.72 bits per heavy atom. The summed E-state index contributed by atoms with van der Waals surface area (Å²) in [6.07, 6.45) is -1.07. The van der Waals surface area contributed by atoms with Gasteiger partial charge in [-0.05, 0) is 19.8 Å². The van der Waals surface area contributed by atoms with Gasteiger partial charge in [-0.3, -0.25) is 19.4 Å². The molecule has 0 bridgehead atoms. The van der Waals surface area contributed by atoms with Gasteiger partial charge in [0, 0.05) is 6.54 Å². The molecule has 0 saturated heterocycles. The van der Waals surface area contributed by atoms with Gasteiger partial charge < -0.3 is 48.5 Å². The molecular weight excluding hydrogens is 390 g/mol. The quantitative estimate of drug-likeness (QED) is 0.0779. The van der Waals surface area contributed by atoms with Gasteiger partial charge in [-0.2, -0.15) is 0 Å². The molecule has 14 nitrogen and oxygen atoms in total. The van der Waals surface area contributed by atoms with Crippen LogP contribution in [0, 0.1) is 0 Å². The van der Waals surface area contributed by atoms with E-state index in [1.165, 1.54) is 6.92 Å². The second-order valence-electron chi connectivity index (χ2n) is 6.14. The van der Waals surface area contributed by atoms with Gasteiger partial charge in [0.15, 0.2) is 12.0 Å². The molecule has 0 aromatic carbocycles. The molecule has 0 aromatic rings. The molecule has 0 fully saturated rings. The van der Waals surface area contributed by atoms with Crippen LogP contribution in [0.4, 0.5) is 0 Å². The van der Waals surface area contributed by atoms with Crippen molar-refractivity contribution in [3.8, 4) is 0 Å². The van der Waals surface area contributed by atoms with Gasteiger partial charge in [0.2, 0.25) is 17.7 Å². The fourth-order valence-corrected chi connectivity index (χ4v) is 2.04. The van der Waals surface area contributed by atoms with Gasteiger partial charge in [-0.15, -0.1) is 0 Å². The molecule has 0 spiro atoms. The Morgan fingerprint density at radius 1 is 1.10 bits per heavy atom. The lowest BCUT2D eigenvalue weighted by atomic mass is 10.1. The summed E-state index contributed by atoms with van der Waals surface area (Å²) in [4.78, 5) is 50.8. The van der Waals surface area contributed by atoms with Gasteiger partial charge in [-0.25, -0.2) is 4.79 Å². The van der Waals surface area contributed by atoms with Crippen LogP contribution in [0.1, 0.15) is 19.8 Å². The summed E-state index contributed by atoms with van der Waals surface area (Å²) in [6, 6.07) is -3.97. The minimum Gasteiger partial charge on any atom is -0.480 e. The molecule has 0 aliphatic rings. The first-order chi connectivity index (χ1) is 13.5. The number of nitrogens with two attached hydrogens (primary N) is 3. The topological polar surface area (TPSA) is 255 Å². The van der Waals surface area contributed by atoms with Crippen molar-refractivity contribution >= 4 is 29.7 Å². The van der Waals surface area contributed by atoms with Gasteiger partial charge in [0.1, 0.15) is 12.1 Å². The smallest absolute Gasteiger partial charge is 0.328 e. The van der Waals surface area contributed by atoms with E-state index in [9.17, 15) is 24.3 Å². The number of hydrogen-bond acceptors (Lipinski definition) is 8. The highest BCUT2D eigenvalue weighted by Gasteiger charge is 2.29. The predicted molar refractivity (Wildman–Crippen MR) is 101 cm³/mol. The number of aliphatic hydroxyl groups excluding tert-OH is 2. The average Bonchev–Trinajstić information content (AvgIpc) is 2.64. The normalized spacial score (nSPS) is 14.6. The van der Waals surface area contributed by atoms with Crippen molar-refractivity contribution in [2.45, 2.75) is 44.0 Å². The number of nitrogens with zero attached hydrogens (tertiary/aromatic N) is 1. The first-order valence-electron chi connectivity index (χ1n) is 8.69. The predicted octanol–water partition coefficient (Wildman–Crippen LogP) is -5.09. The van der Waals surface area contributed by atoms with E-state index in [-0.39, 0.29) is 25.3 Å². The molecule has 0 rings (SSSR count). The molecule has 3 amide bonds. The van der Waals surface area contributed by atoms with Crippen LogP contribution in [0.5, 0.6) is 0 Å². The van der Waals surface area contributed by atoms with E-state index in [1.807, 2.05) is 0 Å². The van der Waals surface area contributed by atoms with E-state index >= 15 is 0 Å². The number of rotatable bonds is 13. The van der Waals surface area contributed by atoms with E-state index in [4.69, 9.17) is 27.4 Å². The minimum absolute atomic E-state index is 0.0462. The summed E-state index contributed by atoms with van der Waals surface area (Å²) in [5, 5.41) is 34.0. The van der Waals surface area contributed by atoms with Crippen LogP contribution in [-0.2, 0) is 19.2 Å². The number of hydrogen-bond donors (Lipinski definition) is 9. The van der Waals surface area contributed by atoms with Crippen LogP contribution in [0.2, 0.25) is 0 Å². The van der Waals surface area contributed by atoms with Crippen molar-refractivity contribution in [3.05, 3.63) is 0 Å². The van der Waals surface area contributed by atoms with Crippen molar-refractivity contribution in [2.75, 3.05) is 19.7 Å². The first-order valence-corrected chi connectivity index (χ1v) is 8.69. The second-order valence-corrected chi connectivity index (χ2v) is 6.14. The van der Waals surface area contributed by atoms with E-state index in [0.29, 0.717) is 0 Å². The number of carboxylic acid groups (broad SMARTS) is 1. The lowest BCUT2D eigenvalue weighted by Crippen LogP contribution is -2.56. The zero-order chi connectivity index (χ0) is 22.6. The van der Waals surface area contributed by atoms with Crippen molar-refractivity contribution in [1.29, 1.82) is 0 Å². The zero-order valence-corrected chi connectivity index (χ0v) is 16.0. The van der Waals surface area contributed by atoms with Crippen LogP contribution in [-0.4, -0.2) is 88.9 Å². The van der Waals surface area contributed by atoms with E-state index in [2.05, 4.69) is 20.9 Å². The Kier molecular flexibility index (Phi) is 11.9. The summed E-state index contributed by atoms with van der Waals surface area (Å²) in [7, 11) is 0. The van der Waals surface area contributed by atoms with Crippen molar-refractivity contribution in [3.63, 3.8) is 0 Å². The Labute approximate surface area is 166 Å². The van der Waals surface area contributed by atoms with Crippen molar-refractivity contribution in [1.82, 2.24) is 16.0 Å². The molecule has 0 aliphatic carbocycles. The number of carbonyl (C=O) groups is 4. The Hall–Kier alpha value is -2.97. The monoisotopic (exact) mass is 419 g/mol. The second kappa shape index (κ2) is 13.2. The van der Waals surface area contributed by atoms with Gasteiger partial charge >= 0.3 is 5.97 Å². The SMILES string of the molecule is CC(O)C(NC(=O)C(CCCN=C(N)N)NC(=O)CNC(=O)C(N)CO)C(=O)O. The highest BCUT2D eigenvalue weighted by Crippen LogP contribution is 2.02. The van der Waals surface area contributed by atoms with Crippen molar-refractivity contribution < 1.29 is 34.5 Å². The number of guanidine groups is 1. The highest BCUT2D eigenvalue weighted by molar-refractivity contribution is 5.92. The molecule has 0 heterocycles. The fourth-order valence-electron chi connectivity index (χ4n) is 2.04. The summed E-state index contributed by atoms with van der Waals surface area (Å²) in [5.74, 6) is -3.98. The van der Waals surface area contributed by atoms with Crippen LogP contribution in [0.25, 0.3) is 0 Å². The number of amides is 3. The Bertz CT molecular complexity index is 608.